The predicted octanol–water partition coefficient (Wildman–Crippen LogP) is 1.54. The molecule has 4 nitrogen and oxygen atoms in total. The molecule has 0 saturated heterocycles. The standard InChI is InChI=1S/C15H24N2O2/c1-11-7-12(2)9-14(8-11)10-17-13(3)15(18)16-5-6-19-4/h7-9,13,17H,5-6,10H2,1-4H3,(H,16,18). The highest BCUT2D eigenvalue weighted by Crippen LogP contribution is 2.08. The summed E-state index contributed by atoms with van der Waals surface area (Å²) in [6.45, 7) is 7.81. The fraction of sp³-hybridized carbons (Fsp3) is 0.533. The van der Waals surface area contributed by atoms with Gasteiger partial charge in [-0.05, 0) is 26.3 Å². The van der Waals surface area contributed by atoms with E-state index in [9.17, 15) is 4.79 Å². The van der Waals surface area contributed by atoms with Crippen LogP contribution in [0.25, 0.3) is 0 Å². The third-order valence-corrected chi connectivity index (χ3v) is 2.89. The van der Waals surface area contributed by atoms with Crippen LogP contribution in [0.3, 0.4) is 0 Å². The van der Waals surface area contributed by atoms with E-state index in [1.807, 2.05) is 6.92 Å². The van der Waals surface area contributed by atoms with Crippen LogP contribution < -0.4 is 10.6 Å². The van der Waals surface area contributed by atoms with Crippen LogP contribution in [0.5, 0.6) is 0 Å². The molecule has 0 aliphatic heterocycles. The molecule has 1 aromatic rings. The summed E-state index contributed by atoms with van der Waals surface area (Å²) >= 11 is 0. The first kappa shape index (κ1) is 15.7. The number of aryl methyl sites for hydroxylation is 2. The maximum absolute atomic E-state index is 11.7. The third-order valence-electron chi connectivity index (χ3n) is 2.89. The maximum Gasteiger partial charge on any atom is 0.236 e. The molecule has 0 heterocycles. The van der Waals surface area contributed by atoms with Gasteiger partial charge in [0.1, 0.15) is 0 Å². The van der Waals surface area contributed by atoms with Crippen molar-refractivity contribution in [1.82, 2.24) is 10.6 Å². The van der Waals surface area contributed by atoms with E-state index in [0.29, 0.717) is 19.7 Å². The number of hydrogen-bond acceptors (Lipinski definition) is 3. The topological polar surface area (TPSA) is 50.4 Å². The van der Waals surface area contributed by atoms with E-state index in [0.717, 1.165) is 0 Å². The van der Waals surface area contributed by atoms with Crippen molar-refractivity contribution in [3.8, 4) is 0 Å². The van der Waals surface area contributed by atoms with Gasteiger partial charge < -0.3 is 15.4 Å². The second-order valence-corrected chi connectivity index (χ2v) is 4.88. The van der Waals surface area contributed by atoms with Crippen LogP contribution in [0.1, 0.15) is 23.6 Å². The minimum atomic E-state index is -0.210. The minimum Gasteiger partial charge on any atom is -0.383 e. The van der Waals surface area contributed by atoms with Crippen LogP contribution in [-0.4, -0.2) is 32.2 Å². The molecular formula is C15H24N2O2. The lowest BCUT2D eigenvalue weighted by Crippen LogP contribution is -2.42. The average molecular weight is 264 g/mol. The van der Waals surface area contributed by atoms with Crippen molar-refractivity contribution in [2.24, 2.45) is 0 Å². The molecule has 0 aromatic heterocycles. The Hall–Kier alpha value is -1.39. The predicted molar refractivity (Wildman–Crippen MR) is 77.1 cm³/mol. The monoisotopic (exact) mass is 264 g/mol. The van der Waals surface area contributed by atoms with E-state index >= 15 is 0 Å². The summed E-state index contributed by atoms with van der Waals surface area (Å²) in [7, 11) is 1.62. The van der Waals surface area contributed by atoms with Crippen molar-refractivity contribution < 1.29 is 9.53 Å². The number of benzene rings is 1. The highest BCUT2D eigenvalue weighted by Gasteiger charge is 2.11. The summed E-state index contributed by atoms with van der Waals surface area (Å²) in [6, 6.07) is 6.20. The Balaban J connectivity index is 2.40. The van der Waals surface area contributed by atoms with E-state index in [1.54, 1.807) is 7.11 Å². The molecular weight excluding hydrogens is 240 g/mol. The number of carbonyl (C=O) groups excluding carboxylic acids is 1. The Bertz CT molecular complexity index is 398. The highest BCUT2D eigenvalue weighted by molar-refractivity contribution is 5.81. The Morgan fingerprint density at radius 1 is 1.26 bits per heavy atom. The SMILES string of the molecule is COCCNC(=O)C(C)NCc1cc(C)cc(C)c1. The van der Waals surface area contributed by atoms with Crippen molar-refractivity contribution in [3.63, 3.8) is 0 Å². The Kier molecular flexibility index (Phi) is 6.53. The molecule has 1 amide bonds. The second-order valence-electron chi connectivity index (χ2n) is 4.88. The van der Waals surface area contributed by atoms with Gasteiger partial charge in [0.15, 0.2) is 0 Å². The van der Waals surface area contributed by atoms with Gasteiger partial charge in [0, 0.05) is 20.2 Å². The van der Waals surface area contributed by atoms with Gasteiger partial charge in [-0.1, -0.05) is 29.3 Å². The summed E-state index contributed by atoms with van der Waals surface area (Å²) in [4.78, 5) is 11.7. The van der Waals surface area contributed by atoms with Crippen LogP contribution in [0.15, 0.2) is 18.2 Å². The number of carbonyl (C=O) groups is 1. The normalized spacial score (nSPS) is 12.2. The number of hydrogen-bond donors (Lipinski definition) is 2. The lowest BCUT2D eigenvalue weighted by atomic mass is 10.1. The van der Waals surface area contributed by atoms with E-state index < -0.39 is 0 Å². The summed E-state index contributed by atoms with van der Waals surface area (Å²) < 4.78 is 4.89. The van der Waals surface area contributed by atoms with Gasteiger partial charge >= 0.3 is 0 Å². The van der Waals surface area contributed by atoms with Crippen molar-refractivity contribution in [2.75, 3.05) is 20.3 Å². The average Bonchev–Trinajstić information content (AvgIpc) is 2.35. The molecule has 106 valence electrons. The van der Waals surface area contributed by atoms with E-state index in [1.165, 1.54) is 16.7 Å². The zero-order valence-electron chi connectivity index (χ0n) is 12.2. The van der Waals surface area contributed by atoms with Crippen molar-refractivity contribution >= 4 is 5.91 Å². The van der Waals surface area contributed by atoms with Gasteiger partial charge in [-0.25, -0.2) is 0 Å². The zero-order chi connectivity index (χ0) is 14.3. The maximum atomic E-state index is 11.7. The molecule has 4 heteroatoms. The largest absolute Gasteiger partial charge is 0.383 e. The molecule has 0 spiro atoms. The smallest absolute Gasteiger partial charge is 0.236 e. The fourth-order valence-electron chi connectivity index (χ4n) is 1.96. The Labute approximate surface area is 115 Å². The molecule has 0 saturated carbocycles. The molecule has 19 heavy (non-hydrogen) atoms. The van der Waals surface area contributed by atoms with Crippen LogP contribution in [-0.2, 0) is 16.1 Å². The van der Waals surface area contributed by atoms with Gasteiger partial charge in [0.05, 0.1) is 12.6 Å². The quantitative estimate of drug-likeness (QED) is 0.735. The van der Waals surface area contributed by atoms with Gasteiger partial charge in [0.25, 0.3) is 0 Å². The molecule has 1 aromatic carbocycles. The molecule has 0 bridgehead atoms. The number of ether oxygens (including phenoxy) is 1. The molecule has 1 atom stereocenters. The Morgan fingerprint density at radius 2 is 1.89 bits per heavy atom. The molecule has 1 rings (SSSR count). The van der Waals surface area contributed by atoms with E-state index in [-0.39, 0.29) is 11.9 Å². The molecule has 0 radical (unpaired) electrons. The lowest BCUT2D eigenvalue weighted by Gasteiger charge is -2.14. The van der Waals surface area contributed by atoms with Crippen LogP contribution in [0.4, 0.5) is 0 Å². The van der Waals surface area contributed by atoms with Crippen molar-refractivity contribution in [2.45, 2.75) is 33.4 Å². The highest BCUT2D eigenvalue weighted by atomic mass is 16.5. The molecule has 0 aliphatic rings. The molecule has 0 aliphatic carbocycles. The fourth-order valence-corrected chi connectivity index (χ4v) is 1.96. The summed E-state index contributed by atoms with van der Waals surface area (Å²) in [5.74, 6) is 0.00132. The number of amides is 1. The second kappa shape index (κ2) is 7.92. The van der Waals surface area contributed by atoms with Crippen LogP contribution in [0, 0.1) is 13.8 Å². The number of methoxy groups -OCH3 is 1. The summed E-state index contributed by atoms with van der Waals surface area (Å²) in [6.07, 6.45) is 0. The summed E-state index contributed by atoms with van der Waals surface area (Å²) in [5.41, 5.74) is 3.69. The van der Waals surface area contributed by atoms with Crippen LogP contribution in [0.2, 0.25) is 0 Å². The first-order valence-electron chi connectivity index (χ1n) is 6.60. The molecule has 0 fully saturated rings. The minimum absolute atomic E-state index is 0.00132. The van der Waals surface area contributed by atoms with Crippen molar-refractivity contribution in [1.29, 1.82) is 0 Å². The first-order chi connectivity index (χ1) is 9.02. The molecule has 1 unspecified atom stereocenters. The van der Waals surface area contributed by atoms with Gasteiger partial charge in [-0.3, -0.25) is 4.79 Å². The third kappa shape index (κ3) is 5.85. The molecule has 2 N–H and O–H groups in total. The number of rotatable bonds is 7. The zero-order valence-corrected chi connectivity index (χ0v) is 12.2. The van der Waals surface area contributed by atoms with Gasteiger partial charge in [0.2, 0.25) is 5.91 Å². The van der Waals surface area contributed by atoms with E-state index in [4.69, 9.17) is 4.74 Å². The van der Waals surface area contributed by atoms with Gasteiger partial charge in [-0.15, -0.1) is 0 Å². The van der Waals surface area contributed by atoms with E-state index in [2.05, 4.69) is 42.7 Å². The first-order valence-corrected chi connectivity index (χ1v) is 6.60. The number of nitrogens with one attached hydrogen (secondary N) is 2. The lowest BCUT2D eigenvalue weighted by molar-refractivity contribution is -0.122. The van der Waals surface area contributed by atoms with Crippen LogP contribution >= 0.6 is 0 Å². The van der Waals surface area contributed by atoms with Crippen molar-refractivity contribution in [3.05, 3.63) is 34.9 Å². The van der Waals surface area contributed by atoms with Gasteiger partial charge in [-0.2, -0.15) is 0 Å². The Morgan fingerprint density at radius 3 is 2.47 bits per heavy atom. The summed E-state index contributed by atoms with van der Waals surface area (Å²) in [5, 5.41) is 6.04.